The zero-order valence-electron chi connectivity index (χ0n) is 10.5. The van der Waals surface area contributed by atoms with E-state index in [-0.39, 0.29) is 18.8 Å². The van der Waals surface area contributed by atoms with Crippen molar-refractivity contribution < 1.29 is 13.2 Å². The number of imidazole rings is 1. The molecule has 2 aromatic heterocycles. The maximum Gasteiger partial charge on any atom is 0.391 e. The number of H-pyrrole nitrogens is 1. The van der Waals surface area contributed by atoms with Gasteiger partial charge in [0.1, 0.15) is 5.82 Å². The fourth-order valence-corrected chi connectivity index (χ4v) is 3.15. The van der Waals surface area contributed by atoms with Gasteiger partial charge >= 0.3 is 6.18 Å². The van der Waals surface area contributed by atoms with Crippen molar-refractivity contribution in [2.75, 3.05) is 0 Å². The van der Waals surface area contributed by atoms with Crippen LogP contribution in [0.5, 0.6) is 0 Å². The van der Waals surface area contributed by atoms with Crippen LogP contribution in [0.1, 0.15) is 37.4 Å². The predicted octanol–water partition coefficient (Wildman–Crippen LogP) is 4.56. The minimum Gasteiger partial charge on any atom is -0.340 e. The highest BCUT2D eigenvalue weighted by Crippen LogP contribution is 2.43. The minimum absolute atomic E-state index is 0.116. The molecule has 0 amide bonds. The second kappa shape index (κ2) is 5.02. The maximum absolute atomic E-state index is 12.8. The SMILES string of the molecule is FC(F)(F)C1CCCC(c2nc3ncc(Br)cc3[nH]2)C1. The second-order valence-corrected chi connectivity index (χ2v) is 6.16. The van der Waals surface area contributed by atoms with Crippen LogP contribution in [0.15, 0.2) is 16.7 Å². The lowest BCUT2D eigenvalue weighted by atomic mass is 9.80. The molecule has 0 aliphatic heterocycles. The molecule has 2 heterocycles. The van der Waals surface area contributed by atoms with Gasteiger partial charge in [0.25, 0.3) is 0 Å². The van der Waals surface area contributed by atoms with Gasteiger partial charge in [0.05, 0.1) is 11.4 Å². The lowest BCUT2D eigenvalue weighted by Gasteiger charge is -2.29. The lowest BCUT2D eigenvalue weighted by Crippen LogP contribution is -2.28. The summed E-state index contributed by atoms with van der Waals surface area (Å²) in [5.74, 6) is -0.753. The van der Waals surface area contributed by atoms with Crippen molar-refractivity contribution in [3.05, 3.63) is 22.6 Å². The summed E-state index contributed by atoms with van der Waals surface area (Å²) in [7, 11) is 0. The summed E-state index contributed by atoms with van der Waals surface area (Å²) in [6.45, 7) is 0. The highest BCUT2D eigenvalue weighted by Gasteiger charge is 2.42. The Balaban J connectivity index is 1.87. The highest BCUT2D eigenvalue weighted by molar-refractivity contribution is 9.10. The summed E-state index contributed by atoms with van der Waals surface area (Å²) in [4.78, 5) is 11.6. The average molecular weight is 348 g/mol. The Bertz CT molecular complexity index is 623. The third kappa shape index (κ3) is 2.68. The molecule has 1 saturated carbocycles. The molecule has 1 fully saturated rings. The molecule has 3 rings (SSSR count). The van der Waals surface area contributed by atoms with Crippen molar-refractivity contribution >= 4 is 27.1 Å². The van der Waals surface area contributed by atoms with E-state index in [2.05, 4.69) is 30.9 Å². The number of halogens is 4. The second-order valence-electron chi connectivity index (χ2n) is 5.25. The minimum atomic E-state index is -4.11. The first-order valence-electron chi connectivity index (χ1n) is 6.51. The fourth-order valence-electron chi connectivity index (χ4n) is 2.82. The highest BCUT2D eigenvalue weighted by atomic mass is 79.9. The molecule has 3 nitrogen and oxygen atoms in total. The van der Waals surface area contributed by atoms with Gasteiger partial charge in [-0.3, -0.25) is 0 Å². The molecule has 2 unspecified atom stereocenters. The first kappa shape index (κ1) is 13.9. The predicted molar refractivity (Wildman–Crippen MR) is 72.3 cm³/mol. The van der Waals surface area contributed by atoms with Crippen molar-refractivity contribution in [1.82, 2.24) is 15.0 Å². The number of aromatic nitrogens is 3. The van der Waals surface area contributed by atoms with Gasteiger partial charge in [-0.1, -0.05) is 6.42 Å². The Labute approximate surface area is 122 Å². The smallest absolute Gasteiger partial charge is 0.340 e. The normalized spacial score (nSPS) is 24.2. The van der Waals surface area contributed by atoms with Gasteiger partial charge in [-0.15, -0.1) is 0 Å². The van der Waals surface area contributed by atoms with Gasteiger partial charge in [0, 0.05) is 16.6 Å². The van der Waals surface area contributed by atoms with Crippen LogP contribution >= 0.6 is 15.9 Å². The van der Waals surface area contributed by atoms with E-state index in [9.17, 15) is 13.2 Å². The largest absolute Gasteiger partial charge is 0.391 e. The first-order valence-corrected chi connectivity index (χ1v) is 7.30. The van der Waals surface area contributed by atoms with Crippen LogP contribution in [0.25, 0.3) is 11.2 Å². The molecule has 0 aromatic carbocycles. The van der Waals surface area contributed by atoms with Crippen LogP contribution in [0, 0.1) is 5.92 Å². The van der Waals surface area contributed by atoms with Crippen LogP contribution in [0.3, 0.4) is 0 Å². The summed E-state index contributed by atoms with van der Waals surface area (Å²) in [6.07, 6.45) is -0.802. The zero-order chi connectivity index (χ0) is 14.3. The van der Waals surface area contributed by atoms with Crippen molar-refractivity contribution in [1.29, 1.82) is 0 Å². The summed E-state index contributed by atoms with van der Waals surface area (Å²) in [5, 5.41) is 0. The van der Waals surface area contributed by atoms with Crippen molar-refractivity contribution in [3.63, 3.8) is 0 Å². The number of fused-ring (bicyclic) bond motifs is 1. The molecule has 1 N–H and O–H groups in total. The van der Waals surface area contributed by atoms with Crippen molar-refractivity contribution in [3.8, 4) is 0 Å². The summed E-state index contributed by atoms with van der Waals surface area (Å²) >= 11 is 3.31. The molecule has 7 heteroatoms. The van der Waals surface area contributed by atoms with Gasteiger partial charge in [-0.05, 0) is 41.3 Å². The molecular formula is C13H13BrF3N3. The molecule has 1 aliphatic carbocycles. The van der Waals surface area contributed by atoms with Gasteiger partial charge < -0.3 is 4.98 Å². The summed E-state index contributed by atoms with van der Waals surface area (Å²) in [6, 6.07) is 1.84. The van der Waals surface area contributed by atoms with Crippen LogP contribution in [0.2, 0.25) is 0 Å². The van der Waals surface area contributed by atoms with Crippen molar-refractivity contribution in [2.24, 2.45) is 5.92 Å². The Morgan fingerprint density at radius 2 is 2.10 bits per heavy atom. The van der Waals surface area contributed by atoms with E-state index in [0.29, 0.717) is 17.9 Å². The van der Waals surface area contributed by atoms with E-state index < -0.39 is 12.1 Å². The van der Waals surface area contributed by atoms with Gasteiger partial charge in [0.2, 0.25) is 0 Å². The number of rotatable bonds is 1. The topological polar surface area (TPSA) is 41.6 Å². The molecule has 2 aromatic rings. The maximum atomic E-state index is 12.8. The Morgan fingerprint density at radius 1 is 1.30 bits per heavy atom. The van der Waals surface area contributed by atoms with Gasteiger partial charge in [0.15, 0.2) is 5.65 Å². The number of nitrogens with zero attached hydrogens (tertiary/aromatic N) is 2. The fraction of sp³-hybridized carbons (Fsp3) is 0.538. The van der Waals surface area contributed by atoms with Gasteiger partial charge in [-0.2, -0.15) is 13.2 Å². The Kier molecular flexibility index (Phi) is 3.48. The van der Waals surface area contributed by atoms with E-state index in [4.69, 9.17) is 0 Å². The number of hydrogen-bond acceptors (Lipinski definition) is 2. The molecular weight excluding hydrogens is 335 g/mol. The van der Waals surface area contributed by atoms with Crippen LogP contribution < -0.4 is 0 Å². The summed E-state index contributed by atoms with van der Waals surface area (Å²) < 4.78 is 39.3. The van der Waals surface area contributed by atoms with E-state index in [1.54, 1.807) is 6.20 Å². The van der Waals surface area contributed by atoms with E-state index in [1.807, 2.05) is 6.07 Å². The average Bonchev–Trinajstić information content (AvgIpc) is 2.81. The van der Waals surface area contributed by atoms with Crippen LogP contribution in [-0.2, 0) is 0 Å². The molecule has 20 heavy (non-hydrogen) atoms. The van der Waals surface area contributed by atoms with E-state index in [0.717, 1.165) is 16.4 Å². The monoisotopic (exact) mass is 347 g/mol. The summed E-state index contributed by atoms with van der Waals surface area (Å²) in [5.41, 5.74) is 1.31. The Hall–Kier alpha value is -1.11. The number of hydrogen-bond donors (Lipinski definition) is 1. The molecule has 0 radical (unpaired) electrons. The van der Waals surface area contributed by atoms with Crippen LogP contribution in [0.4, 0.5) is 13.2 Å². The first-order chi connectivity index (χ1) is 9.43. The molecule has 0 spiro atoms. The number of alkyl halides is 3. The van der Waals surface area contributed by atoms with Gasteiger partial charge in [-0.25, -0.2) is 9.97 Å². The number of aromatic amines is 1. The molecule has 0 bridgehead atoms. The number of nitrogens with one attached hydrogen (secondary N) is 1. The van der Waals surface area contributed by atoms with E-state index >= 15 is 0 Å². The third-order valence-electron chi connectivity index (χ3n) is 3.85. The third-order valence-corrected chi connectivity index (χ3v) is 4.28. The molecule has 108 valence electrons. The Morgan fingerprint density at radius 3 is 2.85 bits per heavy atom. The standard InChI is InChI=1S/C13H13BrF3N3/c14-9-5-10-12(18-6-9)20-11(19-10)7-2-1-3-8(4-7)13(15,16)17/h5-8H,1-4H2,(H,18,19,20). The zero-order valence-corrected chi connectivity index (χ0v) is 12.1. The number of pyridine rings is 1. The van der Waals surface area contributed by atoms with Crippen molar-refractivity contribution in [2.45, 2.75) is 37.8 Å². The van der Waals surface area contributed by atoms with E-state index in [1.165, 1.54) is 0 Å². The quantitative estimate of drug-likeness (QED) is 0.821. The molecule has 2 atom stereocenters. The molecule has 1 aliphatic rings. The molecule has 0 saturated heterocycles. The van der Waals surface area contributed by atoms with Crippen LogP contribution in [-0.4, -0.2) is 21.1 Å². The lowest BCUT2D eigenvalue weighted by molar-refractivity contribution is -0.183.